The van der Waals surface area contributed by atoms with Crippen LogP contribution in [0.5, 0.6) is 0 Å². The number of nitrogens with two attached hydrogens (primary N) is 1. The molecule has 0 aromatic carbocycles. The van der Waals surface area contributed by atoms with Crippen molar-refractivity contribution in [2.75, 3.05) is 13.1 Å². The minimum atomic E-state index is -0.491. The molecule has 2 unspecified atom stereocenters. The van der Waals surface area contributed by atoms with Gasteiger partial charge in [0.1, 0.15) is 6.04 Å². The van der Waals surface area contributed by atoms with Crippen molar-refractivity contribution in [2.45, 2.75) is 46.6 Å². The molecular weight excluding hydrogens is 230 g/mol. The number of hydrogen-bond acceptors (Lipinski definition) is 3. The Hall–Kier alpha value is -1.10. The van der Waals surface area contributed by atoms with Crippen molar-refractivity contribution in [1.82, 2.24) is 10.6 Å². The van der Waals surface area contributed by atoms with E-state index in [-0.39, 0.29) is 17.7 Å². The molecule has 0 heterocycles. The summed E-state index contributed by atoms with van der Waals surface area (Å²) in [6.45, 7) is 8.82. The van der Waals surface area contributed by atoms with E-state index in [2.05, 4.69) is 24.5 Å². The molecular formula is C13H27N3O2. The topological polar surface area (TPSA) is 84.2 Å². The standard InChI is InChI=1S/C13H27N3O2/c1-5-15-13(18)10(4)16-12(17)7-11(8-14)6-9(2)3/h9-11H,5-8,14H2,1-4H3,(H,15,18)(H,16,17). The fourth-order valence-corrected chi connectivity index (χ4v) is 1.89. The molecule has 106 valence electrons. The summed E-state index contributed by atoms with van der Waals surface area (Å²) in [4.78, 5) is 23.2. The smallest absolute Gasteiger partial charge is 0.242 e. The Labute approximate surface area is 110 Å². The van der Waals surface area contributed by atoms with Crippen LogP contribution in [0, 0.1) is 11.8 Å². The predicted octanol–water partition coefficient (Wildman–Crippen LogP) is 0.638. The third-order valence-electron chi connectivity index (χ3n) is 2.73. The third-order valence-corrected chi connectivity index (χ3v) is 2.73. The molecule has 18 heavy (non-hydrogen) atoms. The Bertz CT molecular complexity index is 267. The van der Waals surface area contributed by atoms with E-state index in [1.54, 1.807) is 6.92 Å². The second kappa shape index (κ2) is 8.91. The van der Waals surface area contributed by atoms with Gasteiger partial charge in [0.15, 0.2) is 0 Å². The Balaban J connectivity index is 4.11. The highest BCUT2D eigenvalue weighted by molar-refractivity contribution is 5.87. The Kier molecular flexibility index (Phi) is 8.37. The number of carbonyl (C=O) groups excluding carboxylic acids is 2. The van der Waals surface area contributed by atoms with Gasteiger partial charge in [-0.15, -0.1) is 0 Å². The van der Waals surface area contributed by atoms with Crippen molar-refractivity contribution in [3.8, 4) is 0 Å². The molecule has 0 aliphatic rings. The van der Waals surface area contributed by atoms with Crippen LogP contribution < -0.4 is 16.4 Å². The fourth-order valence-electron chi connectivity index (χ4n) is 1.89. The van der Waals surface area contributed by atoms with Crippen LogP contribution >= 0.6 is 0 Å². The second-order valence-corrected chi connectivity index (χ2v) is 5.12. The molecule has 0 aliphatic heterocycles. The van der Waals surface area contributed by atoms with Crippen molar-refractivity contribution in [3.05, 3.63) is 0 Å². The van der Waals surface area contributed by atoms with Crippen LogP contribution in [-0.4, -0.2) is 30.9 Å². The summed E-state index contributed by atoms with van der Waals surface area (Å²) in [6, 6.07) is -0.491. The molecule has 0 spiro atoms. The van der Waals surface area contributed by atoms with Gasteiger partial charge in [-0.1, -0.05) is 13.8 Å². The average Bonchev–Trinajstić information content (AvgIpc) is 2.27. The van der Waals surface area contributed by atoms with Crippen LogP contribution in [-0.2, 0) is 9.59 Å². The monoisotopic (exact) mass is 257 g/mol. The Morgan fingerprint density at radius 2 is 1.83 bits per heavy atom. The molecule has 0 bridgehead atoms. The zero-order chi connectivity index (χ0) is 14.1. The van der Waals surface area contributed by atoms with Gasteiger partial charge in [-0.05, 0) is 38.6 Å². The van der Waals surface area contributed by atoms with Crippen molar-refractivity contribution in [1.29, 1.82) is 0 Å². The zero-order valence-corrected chi connectivity index (χ0v) is 12.0. The summed E-state index contributed by atoms with van der Waals surface area (Å²) in [5.41, 5.74) is 5.65. The maximum Gasteiger partial charge on any atom is 0.242 e. The Morgan fingerprint density at radius 1 is 1.22 bits per heavy atom. The van der Waals surface area contributed by atoms with Crippen molar-refractivity contribution < 1.29 is 9.59 Å². The first-order valence-electron chi connectivity index (χ1n) is 6.67. The van der Waals surface area contributed by atoms with E-state index < -0.39 is 6.04 Å². The lowest BCUT2D eigenvalue weighted by molar-refractivity contribution is -0.129. The van der Waals surface area contributed by atoms with Crippen molar-refractivity contribution in [2.24, 2.45) is 17.6 Å². The molecule has 5 heteroatoms. The quantitative estimate of drug-likeness (QED) is 0.596. The number of carbonyl (C=O) groups is 2. The first-order valence-corrected chi connectivity index (χ1v) is 6.67. The van der Waals surface area contributed by atoms with Crippen LogP contribution in [0.4, 0.5) is 0 Å². The molecule has 5 nitrogen and oxygen atoms in total. The molecule has 0 fully saturated rings. The number of nitrogens with one attached hydrogen (secondary N) is 2. The molecule has 0 radical (unpaired) electrons. The van der Waals surface area contributed by atoms with Crippen LogP contribution in [0.2, 0.25) is 0 Å². The zero-order valence-electron chi connectivity index (χ0n) is 12.0. The summed E-state index contributed by atoms with van der Waals surface area (Å²) in [5.74, 6) is 0.447. The van der Waals surface area contributed by atoms with E-state index in [9.17, 15) is 9.59 Å². The van der Waals surface area contributed by atoms with Crippen molar-refractivity contribution in [3.63, 3.8) is 0 Å². The highest BCUT2D eigenvalue weighted by Crippen LogP contribution is 2.14. The van der Waals surface area contributed by atoms with Crippen LogP contribution in [0.25, 0.3) is 0 Å². The van der Waals surface area contributed by atoms with E-state index in [1.807, 2.05) is 6.92 Å². The van der Waals surface area contributed by atoms with Gasteiger partial charge in [0, 0.05) is 13.0 Å². The molecule has 0 saturated carbocycles. The van der Waals surface area contributed by atoms with Gasteiger partial charge in [0.2, 0.25) is 11.8 Å². The summed E-state index contributed by atoms with van der Waals surface area (Å²) in [6.07, 6.45) is 1.32. The highest BCUT2D eigenvalue weighted by atomic mass is 16.2. The molecule has 0 rings (SSSR count). The Morgan fingerprint density at radius 3 is 2.28 bits per heavy atom. The van der Waals surface area contributed by atoms with Gasteiger partial charge in [-0.25, -0.2) is 0 Å². The minimum Gasteiger partial charge on any atom is -0.355 e. The summed E-state index contributed by atoms with van der Waals surface area (Å²) < 4.78 is 0. The van der Waals surface area contributed by atoms with Gasteiger partial charge >= 0.3 is 0 Å². The molecule has 4 N–H and O–H groups in total. The van der Waals surface area contributed by atoms with Gasteiger partial charge in [0.05, 0.1) is 0 Å². The van der Waals surface area contributed by atoms with Gasteiger partial charge in [-0.3, -0.25) is 9.59 Å². The second-order valence-electron chi connectivity index (χ2n) is 5.12. The predicted molar refractivity (Wildman–Crippen MR) is 72.9 cm³/mol. The number of rotatable bonds is 8. The number of hydrogen-bond donors (Lipinski definition) is 3. The maximum atomic E-state index is 11.8. The van der Waals surface area contributed by atoms with E-state index in [4.69, 9.17) is 5.73 Å². The molecule has 2 atom stereocenters. The SMILES string of the molecule is CCNC(=O)C(C)NC(=O)CC(CN)CC(C)C. The van der Waals surface area contributed by atoms with E-state index >= 15 is 0 Å². The number of likely N-dealkylation sites (N-methyl/N-ethyl adjacent to an activating group) is 1. The average molecular weight is 257 g/mol. The van der Waals surface area contributed by atoms with Gasteiger partial charge in [0.25, 0.3) is 0 Å². The lowest BCUT2D eigenvalue weighted by atomic mass is 9.94. The maximum absolute atomic E-state index is 11.8. The third kappa shape index (κ3) is 7.27. The van der Waals surface area contributed by atoms with E-state index in [1.165, 1.54) is 0 Å². The molecule has 0 aliphatic carbocycles. The fraction of sp³-hybridized carbons (Fsp3) is 0.846. The number of amides is 2. The first kappa shape index (κ1) is 16.9. The van der Waals surface area contributed by atoms with E-state index in [0.29, 0.717) is 25.4 Å². The molecule has 0 saturated heterocycles. The van der Waals surface area contributed by atoms with Crippen LogP contribution in [0.15, 0.2) is 0 Å². The summed E-state index contributed by atoms with van der Waals surface area (Å²) >= 11 is 0. The van der Waals surface area contributed by atoms with E-state index in [0.717, 1.165) is 6.42 Å². The molecule has 0 aromatic rings. The van der Waals surface area contributed by atoms with Gasteiger partial charge < -0.3 is 16.4 Å². The van der Waals surface area contributed by atoms with Crippen molar-refractivity contribution >= 4 is 11.8 Å². The first-order chi connectivity index (χ1) is 8.40. The largest absolute Gasteiger partial charge is 0.355 e. The minimum absolute atomic E-state index is 0.107. The molecule has 2 amide bonds. The van der Waals surface area contributed by atoms with Gasteiger partial charge in [-0.2, -0.15) is 0 Å². The lowest BCUT2D eigenvalue weighted by Gasteiger charge is -2.18. The normalized spacial score (nSPS) is 14.1. The van der Waals surface area contributed by atoms with Crippen LogP contribution in [0.3, 0.4) is 0 Å². The lowest BCUT2D eigenvalue weighted by Crippen LogP contribution is -2.45. The van der Waals surface area contributed by atoms with Crippen LogP contribution in [0.1, 0.15) is 40.5 Å². The summed E-state index contributed by atoms with van der Waals surface area (Å²) in [5, 5.41) is 5.37. The molecule has 0 aromatic heterocycles. The summed E-state index contributed by atoms with van der Waals surface area (Å²) in [7, 11) is 0. The highest BCUT2D eigenvalue weighted by Gasteiger charge is 2.18.